The summed E-state index contributed by atoms with van der Waals surface area (Å²) in [6, 6.07) is 9.48. The van der Waals surface area contributed by atoms with Gasteiger partial charge in [-0.25, -0.2) is 0 Å². The largest absolute Gasteiger partial charge is 0.506 e. The molecule has 0 amide bonds. The van der Waals surface area contributed by atoms with E-state index in [0.717, 1.165) is 23.6 Å². The van der Waals surface area contributed by atoms with Crippen LogP contribution in [-0.2, 0) is 4.79 Å². The molecular formula is C13H13ClO3. The molecule has 4 heteroatoms. The maximum Gasteiger partial charge on any atom is 0.300 e. The highest BCUT2D eigenvalue weighted by Gasteiger charge is 2.13. The zero-order chi connectivity index (χ0) is 13.0. The lowest BCUT2D eigenvalue weighted by Gasteiger charge is -1.95. The van der Waals surface area contributed by atoms with Crippen molar-refractivity contribution in [1.29, 1.82) is 0 Å². The number of aromatic hydroxyl groups is 1. The minimum atomic E-state index is -0.833. The third-order valence-electron chi connectivity index (χ3n) is 2.18. The summed E-state index contributed by atoms with van der Waals surface area (Å²) in [4.78, 5) is 9.00. The van der Waals surface area contributed by atoms with Crippen molar-refractivity contribution in [2.75, 3.05) is 0 Å². The van der Waals surface area contributed by atoms with Crippen LogP contribution in [0.15, 0.2) is 30.3 Å². The Labute approximate surface area is 105 Å². The Balaban J connectivity index is 0.000000317. The van der Waals surface area contributed by atoms with E-state index in [9.17, 15) is 5.11 Å². The molecule has 17 heavy (non-hydrogen) atoms. The fourth-order valence-corrected chi connectivity index (χ4v) is 1.68. The van der Waals surface area contributed by atoms with E-state index >= 15 is 0 Å². The van der Waals surface area contributed by atoms with Gasteiger partial charge < -0.3 is 10.2 Å². The van der Waals surface area contributed by atoms with E-state index in [-0.39, 0.29) is 5.75 Å². The normalized spacial score (nSPS) is 9.59. The maximum atomic E-state index is 9.42. The molecule has 0 fully saturated rings. The molecule has 0 aromatic rings. The molecule has 2 aliphatic rings. The second-order valence-corrected chi connectivity index (χ2v) is 3.97. The summed E-state index contributed by atoms with van der Waals surface area (Å²) in [6.45, 7) is 3.08. The Morgan fingerprint density at radius 1 is 1.24 bits per heavy atom. The number of hydrogen-bond acceptors (Lipinski definition) is 2. The third-order valence-corrected chi connectivity index (χ3v) is 2.57. The predicted molar refractivity (Wildman–Crippen MR) is 67.8 cm³/mol. The number of halogens is 1. The standard InChI is InChI=1S/C11H9ClO.C2H4O2/c1-7-4-2-3-5-8-9(7)6-10(13)11(8)12;1-2(3)4/h2-6,13H,1H3;1H3,(H,3,4). The molecule has 0 bridgehead atoms. The average Bonchev–Trinajstić information content (AvgIpc) is 2.41. The minimum Gasteiger partial charge on any atom is -0.506 e. The topological polar surface area (TPSA) is 57.5 Å². The molecule has 3 nitrogen and oxygen atoms in total. The number of fused-ring (bicyclic) bond motifs is 1. The SMILES string of the molecule is CC(=O)O.Cc1ccccc2c(Cl)c(O)cc1-2. The van der Waals surface area contributed by atoms with Crippen LogP contribution in [0.25, 0.3) is 11.1 Å². The second kappa shape index (κ2) is 5.55. The van der Waals surface area contributed by atoms with Crippen molar-refractivity contribution >= 4 is 17.6 Å². The highest BCUT2D eigenvalue weighted by molar-refractivity contribution is 6.35. The first-order chi connectivity index (χ1) is 7.93. The fraction of sp³-hybridized carbons (Fsp3) is 0.154. The van der Waals surface area contributed by atoms with Gasteiger partial charge in [-0.2, -0.15) is 0 Å². The zero-order valence-electron chi connectivity index (χ0n) is 9.57. The molecule has 0 saturated heterocycles. The lowest BCUT2D eigenvalue weighted by Crippen LogP contribution is -1.78. The van der Waals surface area contributed by atoms with E-state index in [1.807, 2.05) is 31.2 Å². The molecule has 0 heterocycles. The van der Waals surface area contributed by atoms with Gasteiger partial charge in [-0.1, -0.05) is 35.9 Å². The van der Waals surface area contributed by atoms with Gasteiger partial charge in [0.05, 0.1) is 5.02 Å². The molecule has 0 aromatic carbocycles. The number of carbonyl (C=O) groups is 1. The Hall–Kier alpha value is -1.74. The van der Waals surface area contributed by atoms with E-state index < -0.39 is 5.97 Å². The first-order valence-corrected chi connectivity index (χ1v) is 5.37. The fourth-order valence-electron chi connectivity index (χ4n) is 1.46. The first kappa shape index (κ1) is 13.3. The monoisotopic (exact) mass is 252 g/mol. The van der Waals surface area contributed by atoms with Crippen LogP contribution in [0.2, 0.25) is 5.02 Å². The number of aliphatic carboxylic acids is 1. The van der Waals surface area contributed by atoms with Crippen LogP contribution in [0.3, 0.4) is 0 Å². The van der Waals surface area contributed by atoms with Gasteiger partial charge in [0.1, 0.15) is 5.75 Å². The second-order valence-electron chi connectivity index (χ2n) is 3.59. The summed E-state index contributed by atoms with van der Waals surface area (Å²) in [5.74, 6) is -0.675. The van der Waals surface area contributed by atoms with Crippen LogP contribution in [0, 0.1) is 6.92 Å². The molecule has 2 N–H and O–H groups in total. The van der Waals surface area contributed by atoms with Crippen molar-refractivity contribution in [2.24, 2.45) is 0 Å². The summed E-state index contributed by atoms with van der Waals surface area (Å²) in [5.41, 5.74) is 3.02. The lowest BCUT2D eigenvalue weighted by molar-refractivity contribution is -0.134. The van der Waals surface area contributed by atoms with Crippen LogP contribution in [0.4, 0.5) is 0 Å². The molecule has 0 radical (unpaired) electrons. The Bertz CT molecular complexity index is 504. The zero-order valence-corrected chi connectivity index (χ0v) is 10.3. The van der Waals surface area contributed by atoms with Crippen molar-refractivity contribution in [3.8, 4) is 16.9 Å². The van der Waals surface area contributed by atoms with Crippen LogP contribution in [-0.4, -0.2) is 16.2 Å². The van der Waals surface area contributed by atoms with E-state index in [1.54, 1.807) is 6.07 Å². The van der Waals surface area contributed by atoms with Crippen molar-refractivity contribution in [1.82, 2.24) is 0 Å². The molecule has 0 unspecified atom stereocenters. The molecular weight excluding hydrogens is 240 g/mol. The Morgan fingerprint density at radius 3 is 2.35 bits per heavy atom. The Kier molecular flexibility index (Phi) is 4.35. The number of carboxylic acid groups (broad SMARTS) is 1. The van der Waals surface area contributed by atoms with Gasteiger partial charge in [0.15, 0.2) is 0 Å². The lowest BCUT2D eigenvalue weighted by atomic mass is 10.1. The van der Waals surface area contributed by atoms with Crippen molar-refractivity contribution in [2.45, 2.75) is 13.8 Å². The van der Waals surface area contributed by atoms with Crippen molar-refractivity contribution in [3.05, 3.63) is 40.9 Å². The van der Waals surface area contributed by atoms with Crippen LogP contribution in [0.1, 0.15) is 12.5 Å². The maximum absolute atomic E-state index is 9.42. The van der Waals surface area contributed by atoms with Gasteiger partial charge in [-0.15, -0.1) is 0 Å². The van der Waals surface area contributed by atoms with Gasteiger partial charge >= 0.3 is 0 Å². The van der Waals surface area contributed by atoms with Crippen molar-refractivity contribution < 1.29 is 15.0 Å². The van der Waals surface area contributed by atoms with Gasteiger partial charge in [-0.05, 0) is 24.1 Å². The summed E-state index contributed by atoms with van der Waals surface area (Å²) < 4.78 is 0. The molecule has 90 valence electrons. The highest BCUT2D eigenvalue weighted by Crippen LogP contribution is 2.40. The minimum absolute atomic E-state index is 0.158. The average molecular weight is 253 g/mol. The summed E-state index contributed by atoms with van der Waals surface area (Å²) in [5, 5.41) is 17.3. The molecule has 2 aliphatic carbocycles. The predicted octanol–water partition coefficient (Wildman–Crippen LogP) is 3.55. The van der Waals surface area contributed by atoms with Gasteiger partial charge in [0.2, 0.25) is 0 Å². The van der Waals surface area contributed by atoms with E-state index in [2.05, 4.69) is 0 Å². The molecule has 0 spiro atoms. The number of aryl methyl sites for hydroxylation is 1. The molecule has 0 saturated carbocycles. The van der Waals surface area contributed by atoms with E-state index in [1.165, 1.54) is 0 Å². The van der Waals surface area contributed by atoms with Crippen LogP contribution in [0.5, 0.6) is 5.75 Å². The molecule has 0 aromatic heterocycles. The van der Waals surface area contributed by atoms with Gasteiger partial charge in [-0.3, -0.25) is 4.79 Å². The first-order valence-electron chi connectivity index (χ1n) is 5.00. The molecule has 0 atom stereocenters. The summed E-state index contributed by atoms with van der Waals surface area (Å²) in [6.07, 6.45) is 0. The van der Waals surface area contributed by atoms with Gasteiger partial charge in [0.25, 0.3) is 5.97 Å². The summed E-state index contributed by atoms with van der Waals surface area (Å²) >= 11 is 5.92. The van der Waals surface area contributed by atoms with Crippen LogP contribution < -0.4 is 0 Å². The van der Waals surface area contributed by atoms with E-state index in [0.29, 0.717) is 5.02 Å². The summed E-state index contributed by atoms with van der Waals surface area (Å²) in [7, 11) is 0. The van der Waals surface area contributed by atoms with Gasteiger partial charge in [0, 0.05) is 12.5 Å². The van der Waals surface area contributed by atoms with Crippen molar-refractivity contribution in [3.63, 3.8) is 0 Å². The molecule has 0 aliphatic heterocycles. The molecule has 2 rings (SSSR count). The smallest absolute Gasteiger partial charge is 0.300 e. The number of hydrogen-bond donors (Lipinski definition) is 2. The quantitative estimate of drug-likeness (QED) is 0.754. The number of carboxylic acids is 1. The number of rotatable bonds is 0. The third kappa shape index (κ3) is 3.36. The van der Waals surface area contributed by atoms with Crippen LogP contribution >= 0.6 is 11.6 Å². The van der Waals surface area contributed by atoms with E-state index in [4.69, 9.17) is 21.5 Å². The Morgan fingerprint density at radius 2 is 1.76 bits per heavy atom. The highest BCUT2D eigenvalue weighted by atomic mass is 35.5.